The third kappa shape index (κ3) is 1.85. The summed E-state index contributed by atoms with van der Waals surface area (Å²) in [5.41, 5.74) is 6.20. The van der Waals surface area contributed by atoms with Gasteiger partial charge in [-0.1, -0.05) is 35.5 Å². The topological polar surface area (TPSA) is 55.4 Å². The fourth-order valence-electron chi connectivity index (χ4n) is 0.915. The van der Waals surface area contributed by atoms with E-state index in [0.717, 1.165) is 5.56 Å². The smallest absolute Gasteiger partial charge is 0.129 e. The average Bonchev–Trinajstić information content (AvgIpc) is 2.09. The molecule has 0 heterocycles. The second-order valence-electron chi connectivity index (χ2n) is 2.27. The minimum absolute atomic E-state index is 0.271. The van der Waals surface area contributed by atoms with E-state index in [1.165, 1.54) is 0 Å². The largest absolute Gasteiger partial charge is 0.328 e. The summed E-state index contributed by atoms with van der Waals surface area (Å²) >= 11 is 0. The summed E-state index contributed by atoms with van der Waals surface area (Å²) in [6, 6.07) is 8.92. The summed E-state index contributed by atoms with van der Waals surface area (Å²) < 4.78 is 0. The first kappa shape index (κ1) is 7.88. The van der Waals surface area contributed by atoms with Gasteiger partial charge in [0.2, 0.25) is 0 Å². The Labute approximate surface area is 65.2 Å². The quantitative estimate of drug-likeness (QED) is 0.663. The molecule has 3 nitrogen and oxygen atoms in total. The Kier molecular flexibility index (Phi) is 2.74. The van der Waals surface area contributed by atoms with Crippen molar-refractivity contribution in [3.63, 3.8) is 0 Å². The lowest BCUT2D eigenvalue weighted by Crippen LogP contribution is -2.09. The molecule has 58 valence electrons. The predicted octanol–water partition coefficient (Wildman–Crippen LogP) is 1.45. The highest BCUT2D eigenvalue weighted by Gasteiger charge is 2.06. The van der Waals surface area contributed by atoms with Gasteiger partial charge >= 0.3 is 0 Å². The minimum atomic E-state index is -0.392. The number of nitrogens with zero attached hydrogens (tertiary/aromatic N) is 1. The lowest BCUT2D eigenvalue weighted by Gasteiger charge is -2.04. The standard InChI is InChI=1S/C8H10N2O/c9-6-8(10-11)7-4-2-1-3-5-7/h1-5,8H,6,9H2/t8-/m0/s1. The number of hydrogen-bond acceptors (Lipinski definition) is 3. The van der Waals surface area contributed by atoms with Crippen LogP contribution in [0.3, 0.4) is 0 Å². The molecular weight excluding hydrogens is 140 g/mol. The summed E-state index contributed by atoms with van der Waals surface area (Å²) in [5, 5.41) is 2.90. The second-order valence-corrected chi connectivity index (χ2v) is 2.27. The van der Waals surface area contributed by atoms with Gasteiger partial charge in [-0.25, -0.2) is 0 Å². The molecule has 0 aliphatic heterocycles. The summed E-state index contributed by atoms with van der Waals surface area (Å²) in [6.07, 6.45) is 0. The molecule has 0 aromatic heterocycles. The van der Waals surface area contributed by atoms with E-state index in [1.807, 2.05) is 30.3 Å². The fourth-order valence-corrected chi connectivity index (χ4v) is 0.915. The van der Waals surface area contributed by atoms with E-state index in [4.69, 9.17) is 5.73 Å². The van der Waals surface area contributed by atoms with Gasteiger partial charge in [-0.15, -0.1) is 0 Å². The van der Waals surface area contributed by atoms with Gasteiger partial charge < -0.3 is 5.73 Å². The highest BCUT2D eigenvalue weighted by Crippen LogP contribution is 2.13. The third-order valence-corrected chi connectivity index (χ3v) is 1.53. The van der Waals surface area contributed by atoms with Crippen LogP contribution in [0.5, 0.6) is 0 Å². The van der Waals surface area contributed by atoms with Crippen molar-refractivity contribution in [1.82, 2.24) is 0 Å². The summed E-state index contributed by atoms with van der Waals surface area (Å²) in [4.78, 5) is 10.2. The van der Waals surface area contributed by atoms with E-state index in [0.29, 0.717) is 0 Å². The van der Waals surface area contributed by atoms with E-state index >= 15 is 0 Å². The molecule has 3 heteroatoms. The molecule has 0 fully saturated rings. The van der Waals surface area contributed by atoms with Gasteiger partial charge in [-0.2, -0.15) is 4.91 Å². The molecule has 1 rings (SSSR count). The maximum Gasteiger partial charge on any atom is 0.129 e. The van der Waals surface area contributed by atoms with E-state index < -0.39 is 6.04 Å². The second kappa shape index (κ2) is 3.83. The van der Waals surface area contributed by atoms with Crippen molar-refractivity contribution in [1.29, 1.82) is 0 Å². The molecule has 2 N–H and O–H groups in total. The minimum Gasteiger partial charge on any atom is -0.328 e. The zero-order valence-electron chi connectivity index (χ0n) is 6.10. The maximum atomic E-state index is 10.2. The normalized spacial score (nSPS) is 12.5. The van der Waals surface area contributed by atoms with Crippen molar-refractivity contribution in [2.24, 2.45) is 10.9 Å². The van der Waals surface area contributed by atoms with Crippen LogP contribution < -0.4 is 5.73 Å². The van der Waals surface area contributed by atoms with E-state index in [9.17, 15) is 4.91 Å². The zero-order chi connectivity index (χ0) is 8.10. The lowest BCUT2D eigenvalue weighted by atomic mass is 10.1. The molecule has 1 aromatic carbocycles. The summed E-state index contributed by atoms with van der Waals surface area (Å²) in [7, 11) is 0. The number of nitroso groups, excluding NO2 is 1. The molecule has 1 atom stereocenters. The van der Waals surface area contributed by atoms with Crippen molar-refractivity contribution < 1.29 is 0 Å². The Morgan fingerprint density at radius 2 is 2.00 bits per heavy atom. The Balaban J connectivity index is 2.82. The first-order valence-corrected chi connectivity index (χ1v) is 3.46. The molecular formula is C8H10N2O. The molecule has 0 amide bonds. The molecule has 0 saturated carbocycles. The van der Waals surface area contributed by atoms with Gasteiger partial charge in [-0.3, -0.25) is 0 Å². The van der Waals surface area contributed by atoms with Crippen molar-refractivity contribution in [2.45, 2.75) is 6.04 Å². The van der Waals surface area contributed by atoms with Gasteiger partial charge in [0.1, 0.15) is 6.04 Å². The van der Waals surface area contributed by atoms with Crippen LogP contribution in [-0.2, 0) is 0 Å². The van der Waals surface area contributed by atoms with Crippen LogP contribution in [0.2, 0.25) is 0 Å². The monoisotopic (exact) mass is 150 g/mol. The van der Waals surface area contributed by atoms with Gasteiger partial charge in [0.25, 0.3) is 0 Å². The number of nitrogens with two attached hydrogens (primary N) is 1. The van der Waals surface area contributed by atoms with Crippen LogP contribution in [0.15, 0.2) is 35.5 Å². The van der Waals surface area contributed by atoms with Crippen LogP contribution in [0, 0.1) is 4.91 Å². The van der Waals surface area contributed by atoms with Crippen LogP contribution in [0.4, 0.5) is 0 Å². The predicted molar refractivity (Wildman–Crippen MR) is 44.0 cm³/mol. The number of rotatable bonds is 3. The summed E-state index contributed by atoms with van der Waals surface area (Å²) in [6.45, 7) is 0.271. The highest BCUT2D eigenvalue weighted by molar-refractivity contribution is 5.19. The lowest BCUT2D eigenvalue weighted by molar-refractivity contribution is 0.733. The van der Waals surface area contributed by atoms with Crippen LogP contribution in [0.1, 0.15) is 11.6 Å². The van der Waals surface area contributed by atoms with Crippen molar-refractivity contribution >= 4 is 0 Å². The fraction of sp³-hybridized carbons (Fsp3) is 0.250. The van der Waals surface area contributed by atoms with Crippen molar-refractivity contribution in [2.75, 3.05) is 6.54 Å². The molecule has 11 heavy (non-hydrogen) atoms. The third-order valence-electron chi connectivity index (χ3n) is 1.53. The van der Waals surface area contributed by atoms with E-state index in [2.05, 4.69) is 5.18 Å². The van der Waals surface area contributed by atoms with Crippen LogP contribution in [0.25, 0.3) is 0 Å². The maximum absolute atomic E-state index is 10.2. The molecule has 0 aliphatic carbocycles. The number of benzene rings is 1. The van der Waals surface area contributed by atoms with E-state index in [1.54, 1.807) is 0 Å². The first-order chi connectivity index (χ1) is 5.38. The van der Waals surface area contributed by atoms with Gasteiger partial charge in [0.15, 0.2) is 0 Å². The van der Waals surface area contributed by atoms with E-state index in [-0.39, 0.29) is 6.54 Å². The molecule has 0 saturated heterocycles. The number of hydrogen-bond donors (Lipinski definition) is 1. The molecule has 1 aromatic rings. The Bertz CT molecular complexity index is 223. The molecule has 0 radical (unpaired) electrons. The molecule has 0 unspecified atom stereocenters. The van der Waals surface area contributed by atoms with Crippen molar-refractivity contribution in [3.8, 4) is 0 Å². The van der Waals surface area contributed by atoms with Crippen LogP contribution in [-0.4, -0.2) is 6.54 Å². The van der Waals surface area contributed by atoms with Gasteiger partial charge in [0.05, 0.1) is 0 Å². The highest BCUT2D eigenvalue weighted by atomic mass is 16.3. The van der Waals surface area contributed by atoms with Crippen LogP contribution >= 0.6 is 0 Å². The summed E-state index contributed by atoms with van der Waals surface area (Å²) in [5.74, 6) is 0. The molecule has 0 spiro atoms. The first-order valence-electron chi connectivity index (χ1n) is 3.46. The zero-order valence-corrected chi connectivity index (χ0v) is 6.10. The molecule has 0 aliphatic rings. The molecule has 0 bridgehead atoms. The van der Waals surface area contributed by atoms with Crippen molar-refractivity contribution in [3.05, 3.63) is 40.8 Å². The van der Waals surface area contributed by atoms with Gasteiger partial charge in [-0.05, 0) is 5.56 Å². The Hall–Kier alpha value is -1.22. The Morgan fingerprint density at radius 1 is 1.36 bits per heavy atom. The average molecular weight is 150 g/mol. The Morgan fingerprint density at radius 3 is 2.45 bits per heavy atom. The SMILES string of the molecule is NC[C@H](N=O)c1ccccc1. The van der Waals surface area contributed by atoms with Gasteiger partial charge in [0, 0.05) is 6.54 Å².